The summed E-state index contributed by atoms with van der Waals surface area (Å²) in [6, 6.07) is 22.1. The molecule has 0 atom stereocenters. The Morgan fingerprint density at radius 1 is 0.760 bits per heavy atom. The first-order chi connectivity index (χ1) is 12.2. The Kier molecular flexibility index (Phi) is 3.24. The maximum atomic E-state index is 6.30. The minimum absolute atomic E-state index is 0.711. The highest BCUT2D eigenvalue weighted by Gasteiger charge is 2.16. The Labute approximate surface area is 154 Å². The lowest BCUT2D eigenvalue weighted by Gasteiger charge is -2.04. The second-order valence-corrected chi connectivity index (χ2v) is 6.89. The third kappa shape index (κ3) is 2.22. The van der Waals surface area contributed by atoms with Gasteiger partial charge in [0, 0.05) is 32.6 Å². The molecule has 2 heterocycles. The van der Waals surface area contributed by atoms with Crippen LogP contribution in [0.15, 0.2) is 72.9 Å². The van der Waals surface area contributed by atoms with E-state index in [0.717, 1.165) is 43.6 Å². The Hall–Kier alpha value is -2.55. The number of para-hydroxylation sites is 1. The normalized spacial score (nSPS) is 11.6. The molecule has 0 radical (unpaired) electrons. The van der Waals surface area contributed by atoms with Crippen molar-refractivity contribution in [1.29, 1.82) is 0 Å². The molecule has 120 valence electrons. The number of benzene rings is 3. The number of halogens is 2. The van der Waals surface area contributed by atoms with Gasteiger partial charge in [-0.15, -0.1) is 0 Å². The summed E-state index contributed by atoms with van der Waals surface area (Å²) in [5.41, 5.74) is 5.26. The van der Waals surface area contributed by atoms with Crippen LogP contribution in [-0.4, -0.2) is 9.38 Å². The highest BCUT2D eigenvalue weighted by molar-refractivity contribution is 6.31. The van der Waals surface area contributed by atoms with E-state index >= 15 is 0 Å². The van der Waals surface area contributed by atoms with Gasteiger partial charge in [0.2, 0.25) is 0 Å². The van der Waals surface area contributed by atoms with Gasteiger partial charge in [-0.25, -0.2) is 4.98 Å². The van der Waals surface area contributed by atoms with Crippen molar-refractivity contribution in [3.63, 3.8) is 0 Å². The second-order valence-electron chi connectivity index (χ2n) is 6.02. The molecular formula is C21H12Cl2N2. The van der Waals surface area contributed by atoms with Crippen LogP contribution in [0, 0.1) is 0 Å². The molecular weight excluding hydrogens is 351 g/mol. The van der Waals surface area contributed by atoms with Gasteiger partial charge >= 0.3 is 0 Å². The van der Waals surface area contributed by atoms with Gasteiger partial charge < -0.3 is 0 Å². The first-order valence-corrected chi connectivity index (χ1v) is 8.71. The molecule has 2 nitrogen and oxygen atoms in total. The van der Waals surface area contributed by atoms with Crippen molar-refractivity contribution >= 4 is 50.7 Å². The van der Waals surface area contributed by atoms with Crippen LogP contribution >= 0.6 is 23.2 Å². The molecule has 0 saturated heterocycles. The van der Waals surface area contributed by atoms with Gasteiger partial charge in [-0.3, -0.25) is 4.40 Å². The van der Waals surface area contributed by atoms with E-state index in [1.54, 1.807) is 0 Å². The van der Waals surface area contributed by atoms with E-state index in [1.165, 1.54) is 0 Å². The van der Waals surface area contributed by atoms with Gasteiger partial charge in [0.15, 0.2) is 0 Å². The van der Waals surface area contributed by atoms with E-state index in [4.69, 9.17) is 28.2 Å². The molecule has 3 aromatic carbocycles. The molecule has 0 unspecified atom stereocenters. The Bertz CT molecular complexity index is 1250. The Balaban J connectivity index is 2.03. The molecule has 0 aliphatic carbocycles. The van der Waals surface area contributed by atoms with Gasteiger partial charge in [-0.05, 0) is 35.9 Å². The standard InChI is InChI=1S/C21H12Cl2N2/c22-15-7-5-13(6-8-15)20-17-10-9-16(23)11-19(17)25-18-4-2-1-3-14(18)12-24-21(20)25/h1-12H. The highest BCUT2D eigenvalue weighted by atomic mass is 35.5. The summed E-state index contributed by atoms with van der Waals surface area (Å²) >= 11 is 12.4. The predicted octanol–water partition coefficient (Wildman–Crippen LogP) is 6.61. The molecule has 0 bridgehead atoms. The van der Waals surface area contributed by atoms with Gasteiger partial charge in [-0.2, -0.15) is 0 Å². The van der Waals surface area contributed by atoms with E-state index in [1.807, 2.05) is 54.7 Å². The van der Waals surface area contributed by atoms with Gasteiger partial charge in [0.1, 0.15) is 5.65 Å². The van der Waals surface area contributed by atoms with Gasteiger partial charge in [-0.1, -0.05) is 59.6 Å². The quantitative estimate of drug-likeness (QED) is 0.327. The van der Waals surface area contributed by atoms with E-state index < -0.39 is 0 Å². The molecule has 5 rings (SSSR count). The summed E-state index contributed by atoms with van der Waals surface area (Å²) < 4.78 is 2.18. The minimum atomic E-state index is 0.711. The lowest BCUT2D eigenvalue weighted by atomic mass is 10.0. The molecule has 25 heavy (non-hydrogen) atoms. The first-order valence-electron chi connectivity index (χ1n) is 7.96. The van der Waals surface area contributed by atoms with Crippen LogP contribution in [0.1, 0.15) is 0 Å². The molecule has 0 amide bonds. The predicted molar refractivity (Wildman–Crippen MR) is 106 cm³/mol. The summed E-state index contributed by atoms with van der Waals surface area (Å²) in [7, 11) is 0. The first kappa shape index (κ1) is 14.8. The fourth-order valence-corrected chi connectivity index (χ4v) is 3.74. The molecule has 2 aromatic heterocycles. The van der Waals surface area contributed by atoms with E-state index in [2.05, 4.69) is 22.6 Å². The van der Waals surface area contributed by atoms with Crippen molar-refractivity contribution in [1.82, 2.24) is 9.38 Å². The third-order valence-electron chi connectivity index (χ3n) is 4.54. The smallest absolute Gasteiger partial charge is 0.146 e. The minimum Gasteiger partial charge on any atom is -0.293 e. The van der Waals surface area contributed by atoms with Crippen molar-refractivity contribution in [2.24, 2.45) is 0 Å². The molecule has 4 heteroatoms. The highest BCUT2D eigenvalue weighted by Crippen LogP contribution is 2.37. The average Bonchev–Trinajstić information content (AvgIpc) is 2.96. The monoisotopic (exact) mass is 362 g/mol. The average molecular weight is 363 g/mol. The number of nitrogens with zero attached hydrogens (tertiary/aromatic N) is 2. The third-order valence-corrected chi connectivity index (χ3v) is 5.03. The lowest BCUT2D eigenvalue weighted by Crippen LogP contribution is -1.91. The maximum absolute atomic E-state index is 6.30. The van der Waals surface area contributed by atoms with Crippen molar-refractivity contribution in [3.8, 4) is 11.1 Å². The van der Waals surface area contributed by atoms with Crippen molar-refractivity contribution in [3.05, 3.63) is 83.0 Å². The number of rotatable bonds is 1. The molecule has 0 spiro atoms. The fraction of sp³-hybridized carbons (Fsp3) is 0. The lowest BCUT2D eigenvalue weighted by molar-refractivity contribution is 1.24. The summed E-state index contributed by atoms with van der Waals surface area (Å²) in [5.74, 6) is 0. The summed E-state index contributed by atoms with van der Waals surface area (Å²) in [5, 5.41) is 3.64. The van der Waals surface area contributed by atoms with Crippen LogP contribution < -0.4 is 0 Å². The van der Waals surface area contributed by atoms with Crippen LogP contribution in [0.5, 0.6) is 0 Å². The molecule has 0 fully saturated rings. The van der Waals surface area contributed by atoms with Crippen LogP contribution in [0.25, 0.3) is 38.6 Å². The van der Waals surface area contributed by atoms with Crippen LogP contribution in [0.4, 0.5) is 0 Å². The summed E-state index contributed by atoms with van der Waals surface area (Å²) in [6.07, 6.45) is 1.92. The molecule has 0 saturated carbocycles. The van der Waals surface area contributed by atoms with E-state index in [0.29, 0.717) is 5.02 Å². The van der Waals surface area contributed by atoms with Crippen molar-refractivity contribution < 1.29 is 0 Å². The maximum Gasteiger partial charge on any atom is 0.146 e. The zero-order chi connectivity index (χ0) is 17.0. The fourth-order valence-electron chi connectivity index (χ4n) is 3.45. The van der Waals surface area contributed by atoms with Crippen LogP contribution in [0.3, 0.4) is 0 Å². The van der Waals surface area contributed by atoms with Crippen LogP contribution in [-0.2, 0) is 0 Å². The van der Waals surface area contributed by atoms with Crippen molar-refractivity contribution in [2.45, 2.75) is 0 Å². The number of hydrogen-bond acceptors (Lipinski definition) is 1. The van der Waals surface area contributed by atoms with Crippen molar-refractivity contribution in [2.75, 3.05) is 0 Å². The topological polar surface area (TPSA) is 17.3 Å². The molecule has 0 aliphatic heterocycles. The SMILES string of the molecule is Clc1ccc(-c2c3ccc(Cl)cc3n3c2ncc2ccccc23)cc1. The molecule has 0 aliphatic rings. The summed E-state index contributed by atoms with van der Waals surface area (Å²) in [4.78, 5) is 4.76. The van der Waals surface area contributed by atoms with Gasteiger partial charge in [0.05, 0.1) is 11.0 Å². The van der Waals surface area contributed by atoms with E-state index in [9.17, 15) is 0 Å². The second kappa shape index (κ2) is 5.48. The number of aromatic nitrogens is 2. The number of hydrogen-bond donors (Lipinski definition) is 0. The van der Waals surface area contributed by atoms with E-state index in [-0.39, 0.29) is 0 Å². The largest absolute Gasteiger partial charge is 0.293 e. The number of fused-ring (bicyclic) bond motifs is 5. The Morgan fingerprint density at radius 3 is 2.36 bits per heavy atom. The zero-order valence-electron chi connectivity index (χ0n) is 13.1. The Morgan fingerprint density at radius 2 is 1.52 bits per heavy atom. The van der Waals surface area contributed by atoms with Gasteiger partial charge in [0.25, 0.3) is 0 Å². The summed E-state index contributed by atoms with van der Waals surface area (Å²) in [6.45, 7) is 0. The van der Waals surface area contributed by atoms with Crippen LogP contribution in [0.2, 0.25) is 10.0 Å². The molecule has 5 aromatic rings. The zero-order valence-corrected chi connectivity index (χ0v) is 14.6. The molecule has 0 N–H and O–H groups in total.